The number of benzene rings is 3. The summed E-state index contributed by atoms with van der Waals surface area (Å²) in [4.78, 5) is 29.0. The maximum Gasteiger partial charge on any atom is 0.243 e. The summed E-state index contributed by atoms with van der Waals surface area (Å²) in [6.07, 6.45) is 2.45. The highest BCUT2D eigenvalue weighted by atomic mass is 35.5. The molecule has 6 heteroatoms. The number of carbonyl (C=O) groups is 2. The highest BCUT2D eigenvalue weighted by Gasteiger charge is 2.30. The van der Waals surface area contributed by atoms with Crippen LogP contribution in [-0.4, -0.2) is 29.3 Å². The second-order valence-electron chi connectivity index (χ2n) is 9.28. The first-order chi connectivity index (χ1) is 17.3. The maximum atomic E-state index is 13.9. The van der Waals surface area contributed by atoms with Crippen LogP contribution in [0.5, 0.6) is 0 Å². The summed E-state index contributed by atoms with van der Waals surface area (Å²) in [6.45, 7) is 6.90. The topological polar surface area (TPSA) is 49.4 Å². The minimum atomic E-state index is -0.686. The summed E-state index contributed by atoms with van der Waals surface area (Å²) in [5.74, 6) is -0.288. The molecular formula is C30H34Cl2N2O2. The molecule has 0 aliphatic rings. The molecule has 3 rings (SSSR count). The maximum absolute atomic E-state index is 13.9. The van der Waals surface area contributed by atoms with Crippen LogP contribution in [-0.2, 0) is 29.0 Å². The number of hydrogen-bond donors (Lipinski definition) is 1. The van der Waals surface area contributed by atoms with Crippen LogP contribution in [0.2, 0.25) is 10.0 Å². The van der Waals surface area contributed by atoms with Gasteiger partial charge in [0.15, 0.2) is 0 Å². The molecule has 190 valence electrons. The molecule has 0 bridgehead atoms. The summed E-state index contributed by atoms with van der Waals surface area (Å²) >= 11 is 12.6. The lowest BCUT2D eigenvalue weighted by atomic mass is 10.00. The van der Waals surface area contributed by atoms with E-state index in [4.69, 9.17) is 23.2 Å². The lowest BCUT2D eigenvalue weighted by Gasteiger charge is -2.32. The Labute approximate surface area is 224 Å². The molecule has 3 aromatic rings. The lowest BCUT2D eigenvalue weighted by molar-refractivity contribution is -0.140. The van der Waals surface area contributed by atoms with Crippen LogP contribution >= 0.6 is 23.2 Å². The van der Waals surface area contributed by atoms with Crippen LogP contribution in [0, 0.1) is 13.8 Å². The third-order valence-electron chi connectivity index (χ3n) is 6.09. The molecule has 0 spiro atoms. The summed E-state index contributed by atoms with van der Waals surface area (Å²) < 4.78 is 0. The number of halogens is 2. The number of aryl methyl sites for hydroxylation is 2. The number of hydrogen-bond acceptors (Lipinski definition) is 2. The zero-order valence-electron chi connectivity index (χ0n) is 21.2. The van der Waals surface area contributed by atoms with Gasteiger partial charge in [-0.3, -0.25) is 9.59 Å². The van der Waals surface area contributed by atoms with Gasteiger partial charge >= 0.3 is 0 Å². The van der Waals surface area contributed by atoms with E-state index >= 15 is 0 Å². The summed E-state index contributed by atoms with van der Waals surface area (Å²) in [5.41, 5.74) is 4.86. The van der Waals surface area contributed by atoms with Crippen molar-refractivity contribution in [2.45, 2.75) is 59.0 Å². The number of carbonyl (C=O) groups excluding carboxylic acids is 2. The molecule has 4 nitrogen and oxygen atoms in total. The molecule has 0 heterocycles. The van der Waals surface area contributed by atoms with Crippen molar-refractivity contribution in [3.63, 3.8) is 0 Å². The zero-order chi connectivity index (χ0) is 26.1. The van der Waals surface area contributed by atoms with Crippen molar-refractivity contribution in [3.05, 3.63) is 105 Å². The number of rotatable bonds is 11. The molecule has 0 radical (unpaired) electrons. The fourth-order valence-electron chi connectivity index (χ4n) is 4.34. The molecule has 36 heavy (non-hydrogen) atoms. The van der Waals surface area contributed by atoms with Crippen molar-refractivity contribution < 1.29 is 9.59 Å². The van der Waals surface area contributed by atoms with Crippen LogP contribution in [0.4, 0.5) is 0 Å². The van der Waals surface area contributed by atoms with Crippen molar-refractivity contribution >= 4 is 35.0 Å². The first-order valence-electron chi connectivity index (χ1n) is 12.4. The smallest absolute Gasteiger partial charge is 0.243 e. The Morgan fingerprint density at radius 3 is 2.25 bits per heavy atom. The predicted octanol–water partition coefficient (Wildman–Crippen LogP) is 6.71. The van der Waals surface area contributed by atoms with Crippen molar-refractivity contribution in [3.8, 4) is 0 Å². The monoisotopic (exact) mass is 524 g/mol. The van der Waals surface area contributed by atoms with Crippen LogP contribution in [0.15, 0.2) is 66.7 Å². The second kappa shape index (κ2) is 13.5. The largest absolute Gasteiger partial charge is 0.354 e. The average molecular weight is 526 g/mol. The van der Waals surface area contributed by atoms with E-state index < -0.39 is 6.04 Å². The first-order valence-corrected chi connectivity index (χ1v) is 13.1. The van der Waals surface area contributed by atoms with Gasteiger partial charge < -0.3 is 10.2 Å². The van der Waals surface area contributed by atoms with E-state index in [1.54, 1.807) is 17.0 Å². The minimum Gasteiger partial charge on any atom is -0.354 e. The van der Waals surface area contributed by atoms with Gasteiger partial charge in [-0.1, -0.05) is 102 Å². The number of unbranched alkanes of at least 4 members (excludes halogenated alkanes) is 1. The highest BCUT2D eigenvalue weighted by Crippen LogP contribution is 2.25. The van der Waals surface area contributed by atoms with Crippen molar-refractivity contribution in [2.24, 2.45) is 0 Å². The van der Waals surface area contributed by atoms with Crippen molar-refractivity contribution in [2.75, 3.05) is 6.54 Å². The minimum absolute atomic E-state index is 0.127. The normalized spacial score (nSPS) is 11.7. The SMILES string of the molecule is CCCCNC(=O)[C@H](Cc1ccccc1)N(Cc1ccc(Cl)cc1Cl)C(=O)Cc1cc(C)cc(C)c1. The Kier molecular flexibility index (Phi) is 10.4. The number of nitrogens with zero attached hydrogens (tertiary/aromatic N) is 1. The van der Waals surface area contributed by atoms with Gasteiger partial charge in [-0.15, -0.1) is 0 Å². The fourth-order valence-corrected chi connectivity index (χ4v) is 4.81. The summed E-state index contributed by atoms with van der Waals surface area (Å²) in [7, 11) is 0. The van der Waals surface area contributed by atoms with Gasteiger partial charge in [0.1, 0.15) is 6.04 Å². The fraction of sp³-hybridized carbons (Fsp3) is 0.333. The molecule has 2 amide bonds. The van der Waals surface area contributed by atoms with Crippen molar-refractivity contribution in [1.82, 2.24) is 10.2 Å². The van der Waals surface area contributed by atoms with Gasteiger partial charge in [-0.25, -0.2) is 0 Å². The van der Waals surface area contributed by atoms with E-state index in [1.807, 2.05) is 62.4 Å². The third-order valence-corrected chi connectivity index (χ3v) is 6.68. The van der Waals surface area contributed by atoms with Gasteiger partial charge in [0.2, 0.25) is 11.8 Å². The average Bonchev–Trinajstić information content (AvgIpc) is 2.82. The molecule has 0 aliphatic carbocycles. The van der Waals surface area contributed by atoms with Crippen LogP contribution in [0.1, 0.15) is 47.6 Å². The highest BCUT2D eigenvalue weighted by molar-refractivity contribution is 6.35. The number of nitrogens with one attached hydrogen (secondary N) is 1. The molecule has 0 fully saturated rings. The van der Waals surface area contributed by atoms with Crippen molar-refractivity contribution in [1.29, 1.82) is 0 Å². The number of amides is 2. The molecule has 0 aromatic heterocycles. The Bertz CT molecular complexity index is 1160. The van der Waals surface area contributed by atoms with Gasteiger partial charge in [-0.05, 0) is 49.1 Å². The molecule has 0 aliphatic heterocycles. The summed E-state index contributed by atoms with van der Waals surface area (Å²) in [6, 6.07) is 20.5. The second-order valence-corrected chi connectivity index (χ2v) is 10.1. The van der Waals surface area contributed by atoms with Gasteiger partial charge in [-0.2, -0.15) is 0 Å². The Balaban J connectivity index is 1.99. The van der Waals surface area contributed by atoms with Gasteiger partial charge in [0, 0.05) is 29.6 Å². The molecule has 0 saturated heterocycles. The van der Waals surface area contributed by atoms with E-state index in [1.165, 1.54) is 0 Å². The van der Waals surface area contributed by atoms with E-state index in [0.29, 0.717) is 23.0 Å². The van der Waals surface area contributed by atoms with E-state index in [-0.39, 0.29) is 24.8 Å². The Hall–Kier alpha value is -2.82. The van der Waals surface area contributed by atoms with Crippen LogP contribution in [0.3, 0.4) is 0 Å². The van der Waals surface area contributed by atoms with E-state index in [2.05, 4.69) is 18.3 Å². The molecule has 0 unspecified atom stereocenters. The Morgan fingerprint density at radius 2 is 1.61 bits per heavy atom. The first kappa shape index (κ1) is 27.8. The standard InChI is InChI=1S/C30H34Cl2N2O2/c1-4-5-13-33-30(36)28(17-23-9-7-6-8-10-23)34(20-25-11-12-26(31)19-27(25)32)29(35)18-24-15-21(2)14-22(3)16-24/h6-12,14-16,19,28H,4-5,13,17-18,20H2,1-3H3,(H,33,36)/t28-/m0/s1. The van der Waals surface area contributed by atoms with Crippen LogP contribution in [0.25, 0.3) is 0 Å². The Morgan fingerprint density at radius 1 is 0.917 bits per heavy atom. The van der Waals surface area contributed by atoms with E-state index in [0.717, 1.165) is 40.7 Å². The molecule has 3 aromatic carbocycles. The van der Waals surface area contributed by atoms with Gasteiger partial charge in [0.25, 0.3) is 0 Å². The molecule has 0 saturated carbocycles. The molecular weight excluding hydrogens is 491 g/mol. The van der Waals surface area contributed by atoms with Crippen LogP contribution < -0.4 is 5.32 Å². The quantitative estimate of drug-likeness (QED) is 0.283. The predicted molar refractivity (Wildman–Crippen MR) is 148 cm³/mol. The van der Waals surface area contributed by atoms with Gasteiger partial charge in [0.05, 0.1) is 6.42 Å². The zero-order valence-corrected chi connectivity index (χ0v) is 22.7. The van der Waals surface area contributed by atoms with E-state index in [9.17, 15) is 9.59 Å². The molecule has 1 N–H and O–H groups in total. The third kappa shape index (κ3) is 8.11. The lowest BCUT2D eigenvalue weighted by Crippen LogP contribution is -2.51. The molecule has 1 atom stereocenters. The summed E-state index contributed by atoms with van der Waals surface area (Å²) in [5, 5.41) is 4.04.